The number of nitrogens with zero attached hydrogens (tertiary/aromatic N) is 12. The van der Waals surface area contributed by atoms with Gasteiger partial charge in [-0.1, -0.05) is 207 Å². The number of rotatable bonds is 69. The molecular formula is C100H190N16O8. The number of carbonyl (C=O) groups is 2. The number of hydrogen-bond donors (Lipinski definition) is 6. The van der Waals surface area contributed by atoms with Gasteiger partial charge in [0.15, 0.2) is 0 Å². The highest BCUT2D eigenvalue weighted by Gasteiger charge is 2.52. The molecule has 4 aliphatic rings. The standard InChI is InChI=1S/C100H190N16O8/c1-21-25-29-33-39-55-69-121-113-93(5,6)73-81(74-94(113,7)8)59-47-51-65-103-89-105-87(101-63-49-43-45-61-85(117)118)107-91(109-89)111(83-77-97(13,14)115(98(15,16)78-83)123-71-57-41-35-31-27-23-3)67-53-37-38-54-68-112(84-79-99(17,18)116(100(19,20)80-84)124-72-58-42-36-32-28-24-4)92-108-88(102-64-50-44-46-62-86(119)120)106-90(110-92)104-66-52-48-60-82-75-95(9,10)114(96(11,12)76-82)122-70-56-40-34-30-26-22-2/h81-84H,21-80H2,1-20H3,(H,117,118)(H,119,120)(H2,101,103,105,107,109)(H2,102,104,106,108,110). The number of anilines is 6. The third-order valence-electron chi connectivity index (χ3n) is 26.9. The van der Waals surface area contributed by atoms with E-state index in [1.165, 1.54) is 128 Å². The minimum Gasteiger partial charge on any atom is -0.481 e. The average molecular weight is 1740 g/mol. The number of piperidine rings is 4. The highest BCUT2D eigenvalue weighted by Crippen LogP contribution is 2.48. The van der Waals surface area contributed by atoms with Crippen molar-refractivity contribution in [3.8, 4) is 0 Å². The molecule has 0 unspecified atom stereocenters. The van der Waals surface area contributed by atoms with E-state index in [9.17, 15) is 19.8 Å². The second-order valence-corrected chi connectivity index (χ2v) is 43.2. The Morgan fingerprint density at radius 1 is 0.298 bits per heavy atom. The first-order valence-electron chi connectivity index (χ1n) is 51.2. The Kier molecular flexibility index (Phi) is 48.5. The van der Waals surface area contributed by atoms with E-state index in [-0.39, 0.29) is 69.2 Å². The van der Waals surface area contributed by atoms with Gasteiger partial charge in [-0.15, -0.1) is 0 Å². The van der Waals surface area contributed by atoms with Crippen molar-refractivity contribution in [2.24, 2.45) is 11.8 Å². The zero-order chi connectivity index (χ0) is 90.7. The first-order valence-corrected chi connectivity index (χ1v) is 51.2. The predicted molar refractivity (Wildman–Crippen MR) is 515 cm³/mol. The molecule has 6 rings (SSSR count). The van der Waals surface area contributed by atoms with Crippen LogP contribution in [-0.2, 0) is 28.9 Å². The third kappa shape index (κ3) is 38.9. The van der Waals surface area contributed by atoms with Crippen LogP contribution < -0.4 is 31.1 Å². The van der Waals surface area contributed by atoms with Crippen LogP contribution in [0.2, 0.25) is 0 Å². The number of unbranched alkanes of at least 4 members (excludes halogenated alkanes) is 29. The lowest BCUT2D eigenvalue weighted by molar-refractivity contribution is -0.288. The van der Waals surface area contributed by atoms with Crippen LogP contribution >= 0.6 is 0 Å². The molecule has 0 spiro atoms. The second kappa shape index (κ2) is 55.6. The fourth-order valence-electron chi connectivity index (χ4n) is 21.9. The Bertz CT molecular complexity index is 2950. The van der Waals surface area contributed by atoms with E-state index < -0.39 is 11.9 Å². The normalized spacial score (nSPS) is 19.3. The maximum absolute atomic E-state index is 11.5. The largest absolute Gasteiger partial charge is 0.481 e. The van der Waals surface area contributed by atoms with Gasteiger partial charge in [0.25, 0.3) is 0 Å². The van der Waals surface area contributed by atoms with Gasteiger partial charge in [0, 0.05) is 109 Å². The highest BCUT2D eigenvalue weighted by atomic mass is 16.7. The fourth-order valence-corrected chi connectivity index (χ4v) is 21.9. The van der Waals surface area contributed by atoms with E-state index in [2.05, 4.69) is 190 Å². The fraction of sp³-hybridized carbons (Fsp3) is 0.920. The van der Waals surface area contributed by atoms with Crippen molar-refractivity contribution in [3.63, 3.8) is 0 Å². The lowest BCUT2D eigenvalue weighted by atomic mass is 9.73. The van der Waals surface area contributed by atoms with Crippen LogP contribution in [0.15, 0.2) is 0 Å². The Balaban J connectivity index is 1.26. The van der Waals surface area contributed by atoms with Gasteiger partial charge in [-0.25, -0.2) is 0 Å². The van der Waals surface area contributed by atoms with E-state index in [4.69, 9.17) is 49.3 Å². The van der Waals surface area contributed by atoms with Crippen LogP contribution in [0.4, 0.5) is 35.7 Å². The maximum atomic E-state index is 11.5. The number of nitrogens with one attached hydrogen (secondary N) is 4. The van der Waals surface area contributed by atoms with E-state index in [0.29, 0.717) is 86.7 Å². The van der Waals surface area contributed by atoms with Gasteiger partial charge in [-0.2, -0.15) is 50.2 Å². The van der Waals surface area contributed by atoms with Crippen molar-refractivity contribution in [3.05, 3.63) is 0 Å². The number of aromatic nitrogens is 6. The van der Waals surface area contributed by atoms with Crippen molar-refractivity contribution in [2.75, 3.05) is 96.8 Å². The summed E-state index contributed by atoms with van der Waals surface area (Å²) in [6.45, 7) is 54.1. The molecule has 0 aromatic carbocycles. The zero-order valence-corrected chi connectivity index (χ0v) is 83.4. The molecule has 4 fully saturated rings. The summed E-state index contributed by atoms with van der Waals surface area (Å²) in [5.74, 6) is 3.25. The molecule has 0 bridgehead atoms. The van der Waals surface area contributed by atoms with E-state index in [1.807, 2.05) is 0 Å². The molecule has 0 atom stereocenters. The van der Waals surface area contributed by atoms with Gasteiger partial charge >= 0.3 is 11.9 Å². The Morgan fingerprint density at radius 3 is 0.766 bits per heavy atom. The van der Waals surface area contributed by atoms with Gasteiger partial charge < -0.3 is 41.3 Å². The molecule has 4 saturated heterocycles. The summed E-state index contributed by atoms with van der Waals surface area (Å²) in [7, 11) is 0. The molecule has 2 aromatic rings. The summed E-state index contributed by atoms with van der Waals surface area (Å²) >= 11 is 0. The average Bonchev–Trinajstić information content (AvgIpc) is 0.767. The molecular weight excluding hydrogens is 1550 g/mol. The minimum absolute atomic E-state index is 0.0609. The van der Waals surface area contributed by atoms with Crippen LogP contribution in [0, 0.1) is 11.8 Å². The first kappa shape index (κ1) is 108. The molecule has 0 radical (unpaired) electrons. The van der Waals surface area contributed by atoms with Gasteiger partial charge in [0.2, 0.25) is 35.7 Å². The Labute approximate surface area is 757 Å². The lowest BCUT2D eigenvalue weighted by Crippen LogP contribution is -2.64. The summed E-state index contributed by atoms with van der Waals surface area (Å²) in [6.07, 6.45) is 52.5. The topological polar surface area (TPSA) is 256 Å². The zero-order valence-electron chi connectivity index (χ0n) is 83.4. The molecule has 0 saturated carbocycles. The summed E-state index contributed by atoms with van der Waals surface area (Å²) in [5, 5.41) is 43.0. The SMILES string of the molecule is CCCCCCCCON1C(C)(C)CC(CCCCNc2nc(NCCCCCC(=O)O)nc(N(CCCCCCN(c3nc(NCCCCCC(=O)O)nc(NCCCCC4CC(C)(C)N(OCCCCCCCC)C(C)(C)C4)n3)C3CC(C)(C)N(OCCCCCCCC)C(C)(C)C3)C3CC(C)(C)N(OCCCCCCCC)C(C)(C)C3)n2)CC1(C)C. The summed E-state index contributed by atoms with van der Waals surface area (Å²) in [6, 6.07) is 0.174. The molecule has 6 N–H and O–H groups in total. The smallest absolute Gasteiger partial charge is 0.303 e. The van der Waals surface area contributed by atoms with Gasteiger partial charge in [-0.05, 0) is 251 Å². The van der Waals surface area contributed by atoms with Crippen molar-refractivity contribution >= 4 is 47.6 Å². The molecule has 24 nitrogen and oxygen atoms in total. The quantitative estimate of drug-likeness (QED) is 0.0337. The molecule has 124 heavy (non-hydrogen) atoms. The minimum atomic E-state index is -0.762. The first-order chi connectivity index (χ1) is 59.0. The predicted octanol–water partition coefficient (Wildman–Crippen LogP) is 25.0. The molecule has 24 heteroatoms. The van der Waals surface area contributed by atoms with Crippen LogP contribution in [0.25, 0.3) is 0 Å². The number of carboxylic acids is 2. The highest BCUT2D eigenvalue weighted by molar-refractivity contribution is 5.66. The third-order valence-corrected chi connectivity index (χ3v) is 26.9. The van der Waals surface area contributed by atoms with Gasteiger partial charge in [0.05, 0.1) is 26.4 Å². The molecule has 2 aromatic heterocycles. The van der Waals surface area contributed by atoms with Crippen LogP contribution in [-0.4, -0.2) is 194 Å². The molecule has 0 aliphatic carbocycles. The summed E-state index contributed by atoms with van der Waals surface area (Å²) in [5.41, 5.74) is -1.47. The van der Waals surface area contributed by atoms with Crippen LogP contribution in [0.3, 0.4) is 0 Å². The number of carboxylic acid groups (broad SMARTS) is 2. The number of hydroxylamine groups is 8. The van der Waals surface area contributed by atoms with Crippen LogP contribution in [0.1, 0.15) is 460 Å². The van der Waals surface area contributed by atoms with Gasteiger partial charge in [0.1, 0.15) is 0 Å². The number of hydrogen-bond acceptors (Lipinski definition) is 22. The molecule has 4 aliphatic heterocycles. The van der Waals surface area contributed by atoms with Gasteiger partial charge in [-0.3, -0.25) is 28.9 Å². The Hall–Kier alpha value is -4.56. The molecule has 718 valence electrons. The second-order valence-electron chi connectivity index (χ2n) is 43.2. The number of aliphatic carboxylic acids is 2. The van der Waals surface area contributed by atoms with E-state index in [0.717, 1.165) is 206 Å². The molecule has 6 heterocycles. The van der Waals surface area contributed by atoms with E-state index >= 15 is 0 Å². The summed E-state index contributed by atoms with van der Waals surface area (Å²) in [4.78, 5) is 87.1. The monoisotopic (exact) mass is 1740 g/mol. The van der Waals surface area contributed by atoms with Crippen molar-refractivity contribution in [1.29, 1.82) is 0 Å². The molecule has 0 amide bonds. The van der Waals surface area contributed by atoms with Crippen molar-refractivity contribution in [1.82, 2.24) is 50.2 Å². The Morgan fingerprint density at radius 2 is 0.516 bits per heavy atom. The van der Waals surface area contributed by atoms with Crippen molar-refractivity contribution in [2.45, 2.75) is 516 Å². The van der Waals surface area contributed by atoms with E-state index in [1.54, 1.807) is 0 Å². The lowest BCUT2D eigenvalue weighted by Gasteiger charge is -2.55. The maximum Gasteiger partial charge on any atom is 0.303 e. The summed E-state index contributed by atoms with van der Waals surface area (Å²) < 4.78 is 0. The van der Waals surface area contributed by atoms with Crippen LogP contribution in [0.5, 0.6) is 0 Å². The van der Waals surface area contributed by atoms with Crippen molar-refractivity contribution < 1.29 is 39.2 Å².